The largest absolute Gasteiger partial charge is 0.462 e. The molecule has 0 saturated heterocycles. The van der Waals surface area contributed by atoms with E-state index in [2.05, 4.69) is 131 Å². The van der Waals surface area contributed by atoms with Crippen LogP contribution < -0.4 is 0 Å². The smallest absolute Gasteiger partial charge is 0.306 e. The van der Waals surface area contributed by atoms with Crippen molar-refractivity contribution in [2.24, 2.45) is 58.2 Å². The highest BCUT2D eigenvalue weighted by molar-refractivity contribution is 6.70. The lowest BCUT2D eigenvalue weighted by Crippen LogP contribution is -2.51. The van der Waals surface area contributed by atoms with E-state index in [1.54, 1.807) is 5.57 Å². The van der Waals surface area contributed by atoms with E-state index in [0.29, 0.717) is 23.7 Å². The SMILES string of the molecule is CCCCC[C@H](/C=C/[C@@H]1[C@H](C/C=C\CCCC(=O)O[C@H]2CC[C@@]3(C)C(=CC[C@H]4[C@@H]5CC[C@H]([C@H](C)CCCC(C)C)[C@@]5(C)CC[C@@H]43)C2)[C@@H](O[Si](C)(C)C)C[C@H]1O[Si](C)(C)C)O[Si](C)(C)C. The van der Waals surface area contributed by atoms with Crippen molar-refractivity contribution in [3.8, 4) is 0 Å². The van der Waals surface area contributed by atoms with Gasteiger partial charge in [-0.25, -0.2) is 0 Å². The third kappa shape index (κ3) is 15.1. The average molecular weight is 940 g/mol. The summed E-state index contributed by atoms with van der Waals surface area (Å²) in [5.41, 5.74) is 2.42. The third-order valence-electron chi connectivity index (χ3n) is 16.9. The number of rotatable bonds is 24. The Morgan fingerprint density at radius 2 is 1.52 bits per heavy atom. The first-order chi connectivity index (χ1) is 29.9. The van der Waals surface area contributed by atoms with Crippen LogP contribution in [0.1, 0.15) is 170 Å². The Balaban J connectivity index is 1.14. The molecule has 64 heavy (non-hydrogen) atoms. The standard InChI is InChI=1S/C56H102O5Si3/c1-16-17-20-26-44(59-62(7,8)9)30-32-47-46(52(60-63(10,11)12)40-53(47)61-64(13,14)15)27-21-18-19-22-28-54(57)58-45-35-37-55(5)43(39-45)29-31-48-50-34-33-49(42(4)25-23-24-41(2)3)56(50,6)38-36-51(48)55/h18,21,29-30,32,41-42,44-53H,16-17,19-20,22-28,31,33-40H2,1-15H3/b21-18-,32-30+/t42-,44-,45+,46+,47-,48+,49-,50+,51+,52+,53-,55+,56-/m1/s1. The molecule has 368 valence electrons. The number of hydrogen-bond donors (Lipinski definition) is 0. The molecule has 5 nitrogen and oxygen atoms in total. The number of hydrogen-bond acceptors (Lipinski definition) is 5. The summed E-state index contributed by atoms with van der Waals surface area (Å²) >= 11 is 0. The van der Waals surface area contributed by atoms with Crippen LogP contribution in [-0.4, -0.2) is 55.3 Å². The van der Waals surface area contributed by atoms with Gasteiger partial charge in [0.05, 0.1) is 18.3 Å². The van der Waals surface area contributed by atoms with Gasteiger partial charge < -0.3 is 18.0 Å². The van der Waals surface area contributed by atoms with Crippen LogP contribution in [0.25, 0.3) is 0 Å². The molecule has 0 spiro atoms. The summed E-state index contributed by atoms with van der Waals surface area (Å²) in [4.78, 5) is 13.3. The molecule has 0 unspecified atom stereocenters. The molecule has 0 N–H and O–H groups in total. The molecule has 0 aromatic rings. The summed E-state index contributed by atoms with van der Waals surface area (Å²) in [6.07, 6.45) is 36.0. The summed E-state index contributed by atoms with van der Waals surface area (Å²) in [7, 11) is -5.27. The van der Waals surface area contributed by atoms with Crippen molar-refractivity contribution in [1.82, 2.24) is 0 Å². The molecule has 0 radical (unpaired) electrons. The Hall–Kier alpha value is -0.779. The first-order valence-electron chi connectivity index (χ1n) is 27.2. The topological polar surface area (TPSA) is 54.0 Å². The molecule has 8 heteroatoms. The normalized spacial score (nSPS) is 34.5. The summed E-state index contributed by atoms with van der Waals surface area (Å²) in [5, 5.41) is 0. The minimum atomic E-state index is -1.78. The first kappa shape index (κ1) is 54.2. The van der Waals surface area contributed by atoms with E-state index in [1.165, 1.54) is 77.0 Å². The summed E-state index contributed by atoms with van der Waals surface area (Å²) in [6, 6.07) is 0. The van der Waals surface area contributed by atoms with Crippen LogP contribution in [0, 0.1) is 58.2 Å². The second-order valence-corrected chi connectivity index (χ2v) is 39.3. The van der Waals surface area contributed by atoms with E-state index in [9.17, 15) is 4.79 Å². The second kappa shape index (κ2) is 23.2. The Morgan fingerprint density at radius 3 is 2.19 bits per heavy atom. The highest BCUT2D eigenvalue weighted by atomic mass is 28.4. The van der Waals surface area contributed by atoms with Gasteiger partial charge in [0.1, 0.15) is 6.10 Å². The van der Waals surface area contributed by atoms with Crippen LogP contribution >= 0.6 is 0 Å². The van der Waals surface area contributed by atoms with Crippen molar-refractivity contribution in [2.75, 3.05) is 0 Å². The van der Waals surface area contributed by atoms with Crippen LogP contribution in [0.3, 0.4) is 0 Å². The molecule has 0 aliphatic heterocycles. The Morgan fingerprint density at radius 1 is 0.797 bits per heavy atom. The van der Waals surface area contributed by atoms with Gasteiger partial charge in [-0.15, -0.1) is 0 Å². The Kier molecular flexibility index (Phi) is 19.6. The summed E-state index contributed by atoms with van der Waals surface area (Å²) in [5.74, 6) is 5.74. The van der Waals surface area contributed by atoms with Gasteiger partial charge in [-0.05, 0) is 188 Å². The maximum atomic E-state index is 13.3. The van der Waals surface area contributed by atoms with Crippen LogP contribution in [0.2, 0.25) is 58.9 Å². The lowest BCUT2D eigenvalue weighted by molar-refractivity contribution is -0.151. The number of unbranched alkanes of at least 4 members (excludes halogenated alkanes) is 3. The van der Waals surface area contributed by atoms with E-state index >= 15 is 0 Å². The highest BCUT2D eigenvalue weighted by Gasteiger charge is 2.59. The Bertz CT molecular complexity index is 1550. The lowest BCUT2D eigenvalue weighted by atomic mass is 9.47. The van der Waals surface area contributed by atoms with Crippen LogP contribution in [0.4, 0.5) is 0 Å². The maximum Gasteiger partial charge on any atom is 0.306 e. The molecule has 0 aromatic heterocycles. The van der Waals surface area contributed by atoms with E-state index in [4.69, 9.17) is 18.0 Å². The predicted molar refractivity (Wildman–Crippen MR) is 280 cm³/mol. The van der Waals surface area contributed by atoms with Crippen LogP contribution in [-0.2, 0) is 22.8 Å². The van der Waals surface area contributed by atoms with Crippen molar-refractivity contribution in [2.45, 2.75) is 253 Å². The molecule has 5 aliphatic carbocycles. The van der Waals surface area contributed by atoms with Gasteiger partial charge in [-0.3, -0.25) is 4.79 Å². The minimum absolute atomic E-state index is 0.00538. The maximum absolute atomic E-state index is 13.3. The first-order valence-corrected chi connectivity index (χ1v) is 37.4. The minimum Gasteiger partial charge on any atom is -0.462 e. The molecular weight excluding hydrogens is 837 g/mol. The molecule has 5 rings (SSSR count). The molecule has 0 bridgehead atoms. The van der Waals surface area contributed by atoms with Gasteiger partial charge in [0, 0.05) is 18.8 Å². The fourth-order valence-corrected chi connectivity index (χ4v) is 17.5. The van der Waals surface area contributed by atoms with Gasteiger partial charge in [0.25, 0.3) is 0 Å². The van der Waals surface area contributed by atoms with Crippen molar-refractivity contribution in [1.29, 1.82) is 0 Å². The van der Waals surface area contributed by atoms with Crippen molar-refractivity contribution in [3.63, 3.8) is 0 Å². The highest BCUT2D eigenvalue weighted by Crippen LogP contribution is 2.67. The monoisotopic (exact) mass is 939 g/mol. The molecule has 5 aliphatic rings. The van der Waals surface area contributed by atoms with Gasteiger partial charge in [-0.2, -0.15) is 0 Å². The zero-order valence-corrected chi connectivity index (χ0v) is 47.5. The van der Waals surface area contributed by atoms with Gasteiger partial charge in [-0.1, -0.05) is 116 Å². The zero-order chi connectivity index (χ0) is 47.1. The van der Waals surface area contributed by atoms with Gasteiger partial charge in [0.2, 0.25) is 0 Å². The van der Waals surface area contributed by atoms with Crippen molar-refractivity contribution in [3.05, 3.63) is 36.0 Å². The van der Waals surface area contributed by atoms with E-state index in [0.717, 1.165) is 80.5 Å². The Labute approximate surface area is 399 Å². The average Bonchev–Trinajstić information content (AvgIpc) is 3.68. The van der Waals surface area contributed by atoms with Gasteiger partial charge in [0.15, 0.2) is 25.0 Å². The van der Waals surface area contributed by atoms with E-state index in [1.807, 2.05) is 0 Å². The number of ether oxygens (including phenoxy) is 1. The van der Waals surface area contributed by atoms with Crippen LogP contribution in [0.15, 0.2) is 36.0 Å². The van der Waals surface area contributed by atoms with Gasteiger partial charge >= 0.3 is 5.97 Å². The van der Waals surface area contributed by atoms with Crippen molar-refractivity contribution < 1.29 is 22.8 Å². The number of carbonyl (C=O) groups is 1. The second-order valence-electron chi connectivity index (χ2n) is 25.9. The molecule has 0 heterocycles. The van der Waals surface area contributed by atoms with Crippen molar-refractivity contribution >= 4 is 30.9 Å². The quantitative estimate of drug-likeness (QED) is 0.0418. The molecule has 4 saturated carbocycles. The zero-order valence-electron chi connectivity index (χ0n) is 44.5. The molecule has 0 aromatic carbocycles. The van der Waals surface area contributed by atoms with Crippen LogP contribution in [0.5, 0.6) is 0 Å². The number of carbonyl (C=O) groups excluding carboxylic acids is 1. The fourth-order valence-electron chi connectivity index (χ4n) is 14.1. The number of fused-ring (bicyclic) bond motifs is 5. The van der Waals surface area contributed by atoms with E-state index in [-0.39, 0.29) is 35.8 Å². The molecule has 13 atom stereocenters. The predicted octanol–water partition coefficient (Wildman–Crippen LogP) is 16.5. The number of esters is 1. The molecule has 4 fully saturated rings. The lowest BCUT2D eigenvalue weighted by Gasteiger charge is -2.58. The number of allylic oxidation sites excluding steroid dienone is 3. The molecule has 0 amide bonds. The third-order valence-corrected chi connectivity index (χ3v) is 19.9. The summed E-state index contributed by atoms with van der Waals surface area (Å²) < 4.78 is 26.9. The summed E-state index contributed by atoms with van der Waals surface area (Å²) in [6.45, 7) is 35.8. The molecular formula is C56H102O5Si3. The van der Waals surface area contributed by atoms with E-state index < -0.39 is 25.0 Å². The fraction of sp³-hybridized carbons (Fsp3) is 0.875.